The zero-order valence-electron chi connectivity index (χ0n) is 17.9. The number of carbonyl (C=O) groups excluding carboxylic acids is 1. The molecule has 11 heteroatoms. The zero-order valence-corrected chi connectivity index (χ0v) is 19.5. The summed E-state index contributed by atoms with van der Waals surface area (Å²) in [6.07, 6.45) is 1.90. The highest BCUT2D eigenvalue weighted by Gasteiger charge is 2.36. The highest BCUT2D eigenvalue weighted by molar-refractivity contribution is 7.22. The van der Waals surface area contributed by atoms with Gasteiger partial charge in [-0.25, -0.2) is 18.7 Å². The summed E-state index contributed by atoms with van der Waals surface area (Å²) in [5.74, 6) is -1.54. The molecule has 0 fully saturated rings. The fourth-order valence-corrected chi connectivity index (χ4v) is 5.61. The van der Waals surface area contributed by atoms with Gasteiger partial charge >= 0.3 is 0 Å². The molecule has 0 saturated heterocycles. The predicted molar refractivity (Wildman–Crippen MR) is 131 cm³/mol. The molecular weight excluding hydrogens is 482 g/mol. The fourth-order valence-electron chi connectivity index (χ4n) is 4.47. The van der Waals surface area contributed by atoms with E-state index in [2.05, 4.69) is 9.97 Å². The van der Waals surface area contributed by atoms with Crippen LogP contribution in [0.2, 0.25) is 5.02 Å². The molecule has 2 aromatic heterocycles. The summed E-state index contributed by atoms with van der Waals surface area (Å²) in [7, 11) is 0. The number of pyridine rings is 1. The van der Waals surface area contributed by atoms with Crippen LogP contribution in [0.15, 0.2) is 30.5 Å². The van der Waals surface area contributed by atoms with E-state index in [1.807, 2.05) is 6.92 Å². The average Bonchev–Trinajstić information content (AvgIpc) is 3.21. The third kappa shape index (κ3) is 3.24. The van der Waals surface area contributed by atoms with Gasteiger partial charge in [0.15, 0.2) is 10.9 Å². The van der Waals surface area contributed by atoms with Crippen LogP contribution in [0.25, 0.3) is 21.3 Å². The molecule has 1 unspecified atom stereocenters. The van der Waals surface area contributed by atoms with Crippen molar-refractivity contribution in [3.05, 3.63) is 63.8 Å². The minimum Gasteiger partial charge on any atom is -0.396 e. The number of thiazole rings is 1. The Balaban J connectivity index is 1.65. The zero-order chi connectivity index (χ0) is 24.3. The summed E-state index contributed by atoms with van der Waals surface area (Å²) >= 11 is 7.63. The Kier molecular flexibility index (Phi) is 5.29. The van der Waals surface area contributed by atoms with Crippen molar-refractivity contribution < 1.29 is 13.6 Å². The molecule has 34 heavy (non-hydrogen) atoms. The van der Waals surface area contributed by atoms with E-state index in [0.717, 1.165) is 11.3 Å². The number of halogens is 3. The first-order valence-corrected chi connectivity index (χ1v) is 11.6. The Morgan fingerprint density at radius 2 is 1.94 bits per heavy atom. The summed E-state index contributed by atoms with van der Waals surface area (Å²) in [5.41, 5.74) is 19.2. The number of nitrogens with two attached hydrogens (primary N) is 3. The minimum atomic E-state index is -0.869. The van der Waals surface area contributed by atoms with Crippen LogP contribution >= 0.6 is 22.9 Å². The molecule has 0 bridgehead atoms. The van der Waals surface area contributed by atoms with E-state index in [0.29, 0.717) is 29.9 Å². The van der Waals surface area contributed by atoms with Crippen molar-refractivity contribution in [3.8, 4) is 11.1 Å². The van der Waals surface area contributed by atoms with Gasteiger partial charge < -0.3 is 22.1 Å². The number of hydrogen-bond acceptors (Lipinski definition) is 7. The number of carbonyl (C=O) groups is 1. The second kappa shape index (κ2) is 8.07. The minimum absolute atomic E-state index is 0.0166. The van der Waals surface area contributed by atoms with E-state index >= 15 is 4.39 Å². The van der Waals surface area contributed by atoms with E-state index in [4.69, 9.17) is 28.8 Å². The van der Waals surface area contributed by atoms with Crippen LogP contribution in [0.1, 0.15) is 34.5 Å². The number of nitrogen functional groups attached to an aromatic ring is 3. The van der Waals surface area contributed by atoms with Gasteiger partial charge in [0.05, 0.1) is 32.5 Å². The Bertz CT molecular complexity index is 1490. The molecule has 1 aliphatic heterocycles. The highest BCUT2D eigenvalue weighted by atomic mass is 35.5. The molecule has 6 N–H and O–H groups in total. The topological polar surface area (TPSA) is 124 Å². The normalized spacial score (nSPS) is 14.5. The molecule has 0 aliphatic carbocycles. The molecule has 1 amide bonds. The largest absolute Gasteiger partial charge is 0.396 e. The van der Waals surface area contributed by atoms with Crippen LogP contribution < -0.4 is 17.2 Å². The number of fused-ring (bicyclic) bond motifs is 2. The van der Waals surface area contributed by atoms with E-state index in [9.17, 15) is 9.18 Å². The molecule has 7 nitrogen and oxygen atoms in total. The summed E-state index contributed by atoms with van der Waals surface area (Å²) in [6, 6.07) is 5.70. The molecular formula is C23H19ClF2N6OS. The van der Waals surface area contributed by atoms with Crippen molar-refractivity contribution in [3.63, 3.8) is 0 Å². The summed E-state index contributed by atoms with van der Waals surface area (Å²) in [6.45, 7) is 2.13. The van der Waals surface area contributed by atoms with Gasteiger partial charge in [-0.1, -0.05) is 29.0 Å². The second-order valence-electron chi connectivity index (χ2n) is 8.00. The van der Waals surface area contributed by atoms with E-state index in [1.54, 1.807) is 23.2 Å². The smallest absolute Gasteiger partial charge is 0.256 e. The van der Waals surface area contributed by atoms with Gasteiger partial charge in [-0.3, -0.25) is 4.79 Å². The lowest BCUT2D eigenvalue weighted by Gasteiger charge is -2.35. The van der Waals surface area contributed by atoms with Gasteiger partial charge in [0.1, 0.15) is 11.6 Å². The summed E-state index contributed by atoms with van der Waals surface area (Å²) in [5, 5.41) is 0.181. The van der Waals surface area contributed by atoms with Crippen LogP contribution in [-0.2, 0) is 6.42 Å². The third-order valence-electron chi connectivity index (χ3n) is 6.16. The number of rotatable bonds is 3. The molecule has 4 aromatic rings. The van der Waals surface area contributed by atoms with Gasteiger partial charge in [-0.15, -0.1) is 0 Å². The molecule has 0 spiro atoms. The highest BCUT2D eigenvalue weighted by Crippen LogP contribution is 2.45. The molecule has 174 valence electrons. The molecule has 2 aromatic carbocycles. The first-order chi connectivity index (χ1) is 16.2. The second-order valence-corrected chi connectivity index (χ2v) is 9.41. The van der Waals surface area contributed by atoms with Gasteiger partial charge in [-0.2, -0.15) is 0 Å². The predicted octanol–water partition coefficient (Wildman–Crippen LogP) is 4.80. The van der Waals surface area contributed by atoms with Crippen molar-refractivity contribution in [1.82, 2.24) is 14.9 Å². The van der Waals surface area contributed by atoms with Crippen molar-refractivity contribution in [2.45, 2.75) is 19.4 Å². The quantitative estimate of drug-likeness (QED) is 0.347. The number of anilines is 3. The Morgan fingerprint density at radius 3 is 2.68 bits per heavy atom. The number of aromatic nitrogens is 2. The lowest BCUT2D eigenvalue weighted by Crippen LogP contribution is -2.40. The number of benzene rings is 2. The van der Waals surface area contributed by atoms with Gasteiger partial charge in [0.25, 0.3) is 5.91 Å². The molecule has 0 saturated carbocycles. The SMILES string of the molecule is CC(c1cccnc1N)N1CCc2c(Cl)c(-c3ccc(F)c4sc(N)nc34)c(F)c(N)c2C1=O. The summed E-state index contributed by atoms with van der Waals surface area (Å²) < 4.78 is 30.2. The maximum absolute atomic E-state index is 15.7. The van der Waals surface area contributed by atoms with Crippen molar-refractivity contribution in [2.75, 3.05) is 23.7 Å². The van der Waals surface area contributed by atoms with Crippen LogP contribution in [0.5, 0.6) is 0 Å². The third-order valence-corrected chi connectivity index (χ3v) is 7.47. The first-order valence-electron chi connectivity index (χ1n) is 10.4. The monoisotopic (exact) mass is 500 g/mol. The number of nitrogens with zero attached hydrogens (tertiary/aromatic N) is 3. The lowest BCUT2D eigenvalue weighted by atomic mass is 9.90. The Morgan fingerprint density at radius 1 is 1.18 bits per heavy atom. The molecule has 3 heterocycles. The van der Waals surface area contributed by atoms with E-state index < -0.39 is 23.6 Å². The Labute approximate surface area is 202 Å². The van der Waals surface area contributed by atoms with Crippen LogP contribution in [0.4, 0.5) is 25.4 Å². The van der Waals surface area contributed by atoms with E-state index in [1.165, 1.54) is 12.1 Å². The number of hydrogen-bond donors (Lipinski definition) is 3. The van der Waals surface area contributed by atoms with Crippen molar-refractivity contribution in [1.29, 1.82) is 0 Å². The molecule has 1 aliphatic rings. The average molecular weight is 501 g/mol. The van der Waals surface area contributed by atoms with Crippen molar-refractivity contribution >= 4 is 55.7 Å². The number of amides is 1. The maximum Gasteiger partial charge on any atom is 0.256 e. The summed E-state index contributed by atoms with van der Waals surface area (Å²) in [4.78, 5) is 23.3. The molecule has 0 radical (unpaired) electrons. The molecule has 5 rings (SSSR count). The van der Waals surface area contributed by atoms with Gasteiger partial charge in [-0.05, 0) is 37.1 Å². The molecule has 1 atom stereocenters. The van der Waals surface area contributed by atoms with Gasteiger partial charge in [0.2, 0.25) is 0 Å². The van der Waals surface area contributed by atoms with Crippen LogP contribution in [-0.4, -0.2) is 27.3 Å². The maximum atomic E-state index is 15.7. The van der Waals surface area contributed by atoms with Crippen LogP contribution in [0, 0.1) is 11.6 Å². The van der Waals surface area contributed by atoms with Crippen LogP contribution in [0.3, 0.4) is 0 Å². The standard InChI is InChI=1S/C23H19ClF2N6OS/c1-9(10-3-2-7-30-21(10)28)32-8-6-11-15(22(32)33)18(27)17(26)14(16(11)24)12-4-5-13(25)20-19(12)31-23(29)34-20/h2-5,7,9H,6,8,27H2,1H3,(H2,28,30)(H2,29,31). The fraction of sp³-hybridized carbons (Fsp3) is 0.174. The van der Waals surface area contributed by atoms with Gasteiger partial charge in [0, 0.05) is 29.4 Å². The van der Waals surface area contributed by atoms with Crippen molar-refractivity contribution in [2.24, 2.45) is 0 Å². The first kappa shape index (κ1) is 22.3. The lowest BCUT2D eigenvalue weighted by molar-refractivity contribution is 0.0674. The Hall–Kier alpha value is -3.50. The van der Waals surface area contributed by atoms with E-state index in [-0.39, 0.29) is 42.7 Å².